The van der Waals surface area contributed by atoms with Gasteiger partial charge in [-0.05, 0) is 35.9 Å². The van der Waals surface area contributed by atoms with E-state index >= 15 is 0 Å². The Morgan fingerprint density at radius 3 is 2.77 bits per heavy atom. The van der Waals surface area contributed by atoms with Crippen LogP contribution in [-0.4, -0.2) is 39.6 Å². The van der Waals surface area contributed by atoms with Crippen LogP contribution < -0.4 is 5.73 Å². The number of hydrogen-bond donors (Lipinski definition) is 1. The number of hydrogen-bond acceptors (Lipinski definition) is 4. The SMILES string of the molecule is NC(=O)[C@H]1CCCN(C(=O)/C=C/c2cn(Cc3ccccc3)nc2-c2cccs2)C1. The normalized spacial score (nSPS) is 16.8. The zero-order valence-electron chi connectivity index (χ0n) is 16.6. The molecule has 3 heterocycles. The average molecular weight is 421 g/mol. The van der Waals surface area contributed by atoms with Crippen molar-refractivity contribution in [2.45, 2.75) is 19.4 Å². The van der Waals surface area contributed by atoms with E-state index in [1.807, 2.05) is 52.7 Å². The van der Waals surface area contributed by atoms with Gasteiger partial charge in [0.15, 0.2) is 0 Å². The maximum atomic E-state index is 12.7. The smallest absolute Gasteiger partial charge is 0.246 e. The third kappa shape index (κ3) is 4.68. The van der Waals surface area contributed by atoms with Crippen LogP contribution in [-0.2, 0) is 16.1 Å². The standard InChI is InChI=1S/C23H24N4O2S/c24-23(29)19-8-4-12-26(15-19)21(28)11-10-18-16-27(14-17-6-2-1-3-7-17)25-22(18)20-9-5-13-30-20/h1-3,5-7,9-11,13,16,19H,4,8,12,14-15H2,(H2,24,29)/b11-10+/t19-/m0/s1. The first-order valence-electron chi connectivity index (χ1n) is 10.0. The Labute approximate surface area is 179 Å². The molecule has 1 aliphatic heterocycles. The van der Waals surface area contributed by atoms with E-state index in [2.05, 4.69) is 12.1 Å². The van der Waals surface area contributed by atoms with Gasteiger partial charge in [-0.15, -0.1) is 11.3 Å². The number of amides is 2. The fourth-order valence-electron chi connectivity index (χ4n) is 3.69. The summed E-state index contributed by atoms with van der Waals surface area (Å²) < 4.78 is 1.90. The van der Waals surface area contributed by atoms with Gasteiger partial charge in [-0.3, -0.25) is 14.3 Å². The van der Waals surface area contributed by atoms with E-state index in [1.165, 1.54) is 0 Å². The molecule has 2 N–H and O–H groups in total. The number of thiophene rings is 1. The first-order valence-corrected chi connectivity index (χ1v) is 10.9. The number of carbonyl (C=O) groups excluding carboxylic acids is 2. The number of benzene rings is 1. The molecule has 0 saturated carbocycles. The third-order valence-electron chi connectivity index (χ3n) is 5.27. The molecule has 7 heteroatoms. The summed E-state index contributed by atoms with van der Waals surface area (Å²) in [6.45, 7) is 1.70. The van der Waals surface area contributed by atoms with E-state index in [-0.39, 0.29) is 17.7 Å². The molecule has 1 atom stereocenters. The molecule has 1 fully saturated rings. The quantitative estimate of drug-likeness (QED) is 0.621. The molecule has 2 amide bonds. The van der Waals surface area contributed by atoms with E-state index in [9.17, 15) is 9.59 Å². The van der Waals surface area contributed by atoms with Crippen LogP contribution in [0.25, 0.3) is 16.6 Å². The van der Waals surface area contributed by atoms with Crippen LogP contribution in [0.3, 0.4) is 0 Å². The summed E-state index contributed by atoms with van der Waals surface area (Å²) in [5.74, 6) is -0.695. The molecule has 154 valence electrons. The molecule has 4 rings (SSSR count). The molecule has 0 unspecified atom stereocenters. The number of rotatable bonds is 6. The largest absolute Gasteiger partial charge is 0.369 e. The van der Waals surface area contributed by atoms with Gasteiger partial charge < -0.3 is 10.6 Å². The van der Waals surface area contributed by atoms with E-state index in [4.69, 9.17) is 10.8 Å². The molecule has 1 aliphatic rings. The summed E-state index contributed by atoms with van der Waals surface area (Å²) in [7, 11) is 0. The van der Waals surface area contributed by atoms with E-state index in [0.717, 1.165) is 34.5 Å². The van der Waals surface area contributed by atoms with Crippen LogP contribution in [0.2, 0.25) is 0 Å². The number of nitrogens with zero attached hydrogens (tertiary/aromatic N) is 3. The summed E-state index contributed by atoms with van der Waals surface area (Å²) in [6.07, 6.45) is 6.90. The summed E-state index contributed by atoms with van der Waals surface area (Å²) in [6, 6.07) is 14.2. The van der Waals surface area contributed by atoms with Crippen molar-refractivity contribution < 1.29 is 9.59 Å². The van der Waals surface area contributed by atoms with Crippen LogP contribution in [0.4, 0.5) is 0 Å². The molecule has 1 aromatic carbocycles. The Balaban J connectivity index is 1.55. The highest BCUT2D eigenvalue weighted by Gasteiger charge is 2.26. The first kappa shape index (κ1) is 20.1. The second-order valence-corrected chi connectivity index (χ2v) is 8.40. The van der Waals surface area contributed by atoms with Crippen LogP contribution in [0, 0.1) is 5.92 Å². The van der Waals surface area contributed by atoms with Crippen molar-refractivity contribution >= 4 is 29.2 Å². The van der Waals surface area contributed by atoms with Crippen molar-refractivity contribution in [3.8, 4) is 10.6 Å². The third-order valence-corrected chi connectivity index (χ3v) is 6.15. The number of piperidine rings is 1. The van der Waals surface area contributed by atoms with Crippen molar-refractivity contribution in [3.05, 3.63) is 71.2 Å². The van der Waals surface area contributed by atoms with Gasteiger partial charge in [0.2, 0.25) is 11.8 Å². The molecule has 0 spiro atoms. The second kappa shape index (κ2) is 9.09. The molecule has 1 saturated heterocycles. The predicted octanol–water partition coefficient (Wildman–Crippen LogP) is 3.40. The van der Waals surface area contributed by atoms with Gasteiger partial charge in [-0.1, -0.05) is 36.4 Å². The lowest BCUT2D eigenvalue weighted by molar-refractivity contribution is -0.130. The summed E-state index contributed by atoms with van der Waals surface area (Å²) in [5.41, 5.74) is 8.35. The maximum Gasteiger partial charge on any atom is 0.246 e. The van der Waals surface area contributed by atoms with Gasteiger partial charge in [0.25, 0.3) is 0 Å². The Bertz CT molecular complexity index is 1040. The van der Waals surface area contributed by atoms with Crippen LogP contribution >= 0.6 is 11.3 Å². The summed E-state index contributed by atoms with van der Waals surface area (Å²) >= 11 is 1.62. The molecule has 6 nitrogen and oxygen atoms in total. The molecule has 0 radical (unpaired) electrons. The van der Waals surface area contributed by atoms with Crippen molar-refractivity contribution in [2.75, 3.05) is 13.1 Å². The highest BCUT2D eigenvalue weighted by molar-refractivity contribution is 7.13. The van der Waals surface area contributed by atoms with Crippen molar-refractivity contribution in [3.63, 3.8) is 0 Å². The van der Waals surface area contributed by atoms with Crippen LogP contribution in [0.15, 0.2) is 60.1 Å². The van der Waals surface area contributed by atoms with Crippen molar-refractivity contribution in [1.82, 2.24) is 14.7 Å². The monoisotopic (exact) mass is 420 g/mol. The van der Waals surface area contributed by atoms with Crippen LogP contribution in [0.5, 0.6) is 0 Å². The highest BCUT2D eigenvalue weighted by atomic mass is 32.1. The topological polar surface area (TPSA) is 81.2 Å². The molecule has 3 aromatic rings. The zero-order chi connectivity index (χ0) is 20.9. The molecule has 30 heavy (non-hydrogen) atoms. The molecule has 0 bridgehead atoms. The van der Waals surface area contributed by atoms with Gasteiger partial charge in [0, 0.05) is 30.9 Å². The lowest BCUT2D eigenvalue weighted by Crippen LogP contribution is -2.43. The number of likely N-dealkylation sites (tertiary alicyclic amines) is 1. The Hall–Kier alpha value is -3.19. The summed E-state index contributed by atoms with van der Waals surface area (Å²) in [4.78, 5) is 26.9. The summed E-state index contributed by atoms with van der Waals surface area (Å²) in [5, 5.41) is 6.78. The minimum atomic E-state index is -0.335. The predicted molar refractivity (Wildman–Crippen MR) is 119 cm³/mol. The van der Waals surface area contributed by atoms with Crippen molar-refractivity contribution in [2.24, 2.45) is 11.7 Å². The lowest BCUT2D eigenvalue weighted by atomic mass is 9.97. The Kier molecular flexibility index (Phi) is 6.09. The van der Waals surface area contributed by atoms with Gasteiger partial charge in [-0.2, -0.15) is 5.10 Å². The molecule has 0 aliphatic carbocycles. The number of nitrogens with two attached hydrogens (primary N) is 1. The van der Waals surface area contributed by atoms with Gasteiger partial charge in [0.1, 0.15) is 5.69 Å². The van der Waals surface area contributed by atoms with Gasteiger partial charge >= 0.3 is 0 Å². The second-order valence-electron chi connectivity index (χ2n) is 7.45. The fourth-order valence-corrected chi connectivity index (χ4v) is 4.42. The Morgan fingerprint density at radius 2 is 2.03 bits per heavy atom. The number of aromatic nitrogens is 2. The zero-order valence-corrected chi connectivity index (χ0v) is 17.4. The van der Waals surface area contributed by atoms with E-state index < -0.39 is 0 Å². The van der Waals surface area contributed by atoms with Crippen LogP contribution in [0.1, 0.15) is 24.0 Å². The number of primary amides is 1. The number of carbonyl (C=O) groups is 2. The lowest BCUT2D eigenvalue weighted by Gasteiger charge is -2.30. The highest BCUT2D eigenvalue weighted by Crippen LogP contribution is 2.28. The van der Waals surface area contributed by atoms with Gasteiger partial charge in [-0.25, -0.2) is 0 Å². The van der Waals surface area contributed by atoms with E-state index in [1.54, 1.807) is 22.3 Å². The molecular weight excluding hydrogens is 396 g/mol. The average Bonchev–Trinajstić information content (AvgIpc) is 3.42. The minimum Gasteiger partial charge on any atom is -0.369 e. The molecular formula is C23H24N4O2S. The van der Waals surface area contributed by atoms with Gasteiger partial charge in [0.05, 0.1) is 17.3 Å². The Morgan fingerprint density at radius 1 is 1.20 bits per heavy atom. The van der Waals surface area contributed by atoms with E-state index in [0.29, 0.717) is 19.6 Å². The van der Waals surface area contributed by atoms with Crippen molar-refractivity contribution in [1.29, 1.82) is 0 Å². The maximum absolute atomic E-state index is 12.7. The fraction of sp³-hybridized carbons (Fsp3) is 0.261. The first-order chi connectivity index (χ1) is 14.6. The molecule has 2 aromatic heterocycles. The minimum absolute atomic E-state index is 0.103.